The van der Waals surface area contributed by atoms with E-state index in [9.17, 15) is 82.8 Å². The molecular weight excluding hydrogens is 1160 g/mol. The zero-order chi connectivity index (χ0) is 66.2. The molecule has 0 unspecified atom stereocenters. The van der Waals surface area contributed by atoms with Crippen molar-refractivity contribution in [2.45, 2.75) is 199 Å². The zero-order valence-corrected chi connectivity index (χ0v) is 51.9. The standard InChI is InChI=1S/C57H93N11O18S/c1-10-31(7)46(55(83)62-36(14-12-13-24-58)49(77)60-37(20-22-43(72)73)50(78)65-41(57(85)86)27-33-15-17-34(69)18-16-33)67-51(79)38(23-25-87-9)61-52(80)39(26-29(3)4)63-53(81)40(28-44(74)75)64-56(84)47(32(8)11-2)68-54(82)45(30(5)6)66-48(76)35(59)19-21-42(70)71/h15-18,29-32,35-41,45-47,69H,10-14,19-28,58-59H2,1-9H3,(H,60,77)(H,61,80)(H,62,83)(H,63,81)(H,64,84)(H,65,78)(H,66,76)(H,67,79)(H,68,82)(H,70,71)(H,72,73)(H,74,75)(H,85,86)/t31-,32-,35-,36-,37-,38-,39-,40-,41-,45-,46-,47-/m0/s1. The number of aromatic hydroxyl groups is 1. The normalized spacial score (nSPS) is 15.4. The van der Waals surface area contributed by atoms with E-state index in [1.54, 1.807) is 61.6 Å². The molecule has 0 aliphatic carbocycles. The van der Waals surface area contributed by atoms with Crippen molar-refractivity contribution in [2.24, 2.45) is 35.1 Å². The summed E-state index contributed by atoms with van der Waals surface area (Å²) in [7, 11) is 0. The van der Waals surface area contributed by atoms with E-state index in [2.05, 4.69) is 47.9 Å². The van der Waals surface area contributed by atoms with Crippen LogP contribution in [0.3, 0.4) is 0 Å². The van der Waals surface area contributed by atoms with Crippen molar-refractivity contribution in [3.05, 3.63) is 29.8 Å². The molecule has 0 aromatic heterocycles. The third-order valence-electron chi connectivity index (χ3n) is 14.3. The Morgan fingerprint density at radius 3 is 1.37 bits per heavy atom. The van der Waals surface area contributed by atoms with Crippen LogP contribution in [0.1, 0.15) is 138 Å². The van der Waals surface area contributed by atoms with Gasteiger partial charge < -0.3 is 84.9 Å². The molecule has 0 heterocycles. The summed E-state index contributed by atoms with van der Waals surface area (Å²) in [6, 6.07) is -9.03. The van der Waals surface area contributed by atoms with E-state index in [0.717, 1.165) is 0 Å². The number of carbonyl (C=O) groups excluding carboxylic acids is 9. The van der Waals surface area contributed by atoms with E-state index in [1.165, 1.54) is 36.0 Å². The smallest absolute Gasteiger partial charge is 0.326 e. The molecule has 0 fully saturated rings. The lowest BCUT2D eigenvalue weighted by Crippen LogP contribution is -2.62. The minimum Gasteiger partial charge on any atom is -0.508 e. The Morgan fingerprint density at radius 2 is 0.897 bits per heavy atom. The highest BCUT2D eigenvalue weighted by Crippen LogP contribution is 2.17. The quantitative estimate of drug-likeness (QED) is 0.0370. The molecule has 87 heavy (non-hydrogen) atoms. The second kappa shape index (κ2) is 40.0. The number of carboxylic acids is 4. The molecule has 18 N–H and O–H groups in total. The van der Waals surface area contributed by atoms with Gasteiger partial charge in [0.1, 0.15) is 60.1 Å². The van der Waals surface area contributed by atoms with Crippen LogP contribution in [-0.4, -0.2) is 182 Å². The van der Waals surface area contributed by atoms with Gasteiger partial charge in [-0.3, -0.25) is 57.5 Å². The molecule has 9 amide bonds. The van der Waals surface area contributed by atoms with Crippen LogP contribution in [0.15, 0.2) is 24.3 Å². The molecule has 29 nitrogen and oxygen atoms in total. The molecule has 0 radical (unpaired) electrons. The Hall–Kier alpha value is -7.60. The number of benzene rings is 1. The molecule has 0 aliphatic rings. The lowest BCUT2D eigenvalue weighted by molar-refractivity contribution is -0.143. The monoisotopic (exact) mass is 1250 g/mol. The summed E-state index contributed by atoms with van der Waals surface area (Å²) in [5.74, 6) is -15.8. The van der Waals surface area contributed by atoms with Crippen molar-refractivity contribution in [3.8, 4) is 5.75 Å². The van der Waals surface area contributed by atoms with Gasteiger partial charge in [0.2, 0.25) is 53.2 Å². The zero-order valence-electron chi connectivity index (χ0n) is 51.1. The Balaban J connectivity index is 3.54. The Bertz CT molecular complexity index is 2490. The van der Waals surface area contributed by atoms with E-state index in [-0.39, 0.29) is 68.9 Å². The summed E-state index contributed by atoms with van der Waals surface area (Å²) >= 11 is 1.32. The summed E-state index contributed by atoms with van der Waals surface area (Å²) < 4.78 is 0. The van der Waals surface area contributed by atoms with E-state index < -0.39 is 181 Å². The van der Waals surface area contributed by atoms with Crippen molar-refractivity contribution >= 4 is 88.8 Å². The fourth-order valence-corrected chi connectivity index (χ4v) is 9.15. The molecule has 1 aromatic rings. The maximum atomic E-state index is 14.4. The Kier molecular flexibility index (Phi) is 35.6. The maximum Gasteiger partial charge on any atom is 0.326 e. The van der Waals surface area contributed by atoms with Gasteiger partial charge in [-0.25, -0.2) is 4.79 Å². The SMILES string of the molecule is CC[C@H](C)[C@H](NC(=O)[C@H](CCSC)NC(=O)[C@H](CC(C)C)NC(=O)[C@H](CC(=O)O)NC(=O)[C@@H](NC(=O)[C@@H](NC(=O)[C@@H](N)CCC(=O)O)C(C)C)[C@@H](C)CC)C(=O)N[C@@H](CCCCN)C(=O)N[C@@H](CCC(=O)O)C(=O)N[C@@H](Cc1ccc(O)cc1)C(=O)O. The van der Waals surface area contributed by atoms with Crippen LogP contribution in [0.4, 0.5) is 0 Å². The third-order valence-corrected chi connectivity index (χ3v) is 14.9. The first-order valence-corrected chi connectivity index (χ1v) is 30.5. The number of hydrogen-bond acceptors (Lipinski definition) is 17. The van der Waals surface area contributed by atoms with Crippen molar-refractivity contribution in [3.63, 3.8) is 0 Å². The van der Waals surface area contributed by atoms with Crippen LogP contribution in [-0.2, 0) is 68.7 Å². The molecule has 1 aromatic carbocycles. The highest BCUT2D eigenvalue weighted by Gasteiger charge is 2.38. The van der Waals surface area contributed by atoms with Gasteiger partial charge in [0.05, 0.1) is 12.5 Å². The molecule has 0 bridgehead atoms. The highest BCUT2D eigenvalue weighted by molar-refractivity contribution is 7.98. The topological polar surface area (TPSA) is 483 Å². The van der Waals surface area contributed by atoms with E-state index >= 15 is 0 Å². The van der Waals surface area contributed by atoms with E-state index in [4.69, 9.17) is 16.6 Å². The Labute approximate surface area is 511 Å². The van der Waals surface area contributed by atoms with Crippen LogP contribution in [0.2, 0.25) is 0 Å². The maximum absolute atomic E-state index is 14.4. The summed E-state index contributed by atoms with van der Waals surface area (Å²) in [5, 5.41) is 70.8. The summed E-state index contributed by atoms with van der Waals surface area (Å²) in [5.41, 5.74) is 12.0. The number of phenols is 1. The van der Waals surface area contributed by atoms with Crippen molar-refractivity contribution < 1.29 is 87.9 Å². The first-order chi connectivity index (χ1) is 40.8. The fraction of sp³-hybridized carbons (Fsp3) is 0.667. The number of nitrogens with two attached hydrogens (primary N) is 2. The van der Waals surface area contributed by atoms with Gasteiger partial charge in [-0.2, -0.15) is 11.8 Å². The lowest BCUT2D eigenvalue weighted by atomic mass is 9.95. The average molecular weight is 1250 g/mol. The number of phenolic OH excluding ortho intramolecular Hbond substituents is 1. The molecule has 0 saturated carbocycles. The summed E-state index contributed by atoms with van der Waals surface area (Å²) in [4.78, 5) is 173. The number of thioether (sulfide) groups is 1. The average Bonchev–Trinajstić information content (AvgIpc) is 3.04. The van der Waals surface area contributed by atoms with Crippen LogP contribution >= 0.6 is 11.8 Å². The number of nitrogens with one attached hydrogen (secondary N) is 9. The molecule has 0 spiro atoms. The molecule has 0 saturated heterocycles. The van der Waals surface area contributed by atoms with Gasteiger partial charge in [0.25, 0.3) is 0 Å². The second-order valence-corrected chi connectivity index (χ2v) is 23.3. The second-order valence-electron chi connectivity index (χ2n) is 22.3. The molecular formula is C57H93N11O18S. The van der Waals surface area contributed by atoms with Crippen LogP contribution in [0.25, 0.3) is 0 Å². The number of unbranched alkanes of at least 4 members (excludes halogenated alkanes) is 1. The van der Waals surface area contributed by atoms with Gasteiger partial charge in [-0.15, -0.1) is 0 Å². The number of carboxylic acid groups (broad SMARTS) is 4. The number of hydrogen-bond donors (Lipinski definition) is 16. The molecule has 0 aliphatic heterocycles. The fourth-order valence-electron chi connectivity index (χ4n) is 8.68. The minimum atomic E-state index is -1.83. The predicted molar refractivity (Wildman–Crippen MR) is 320 cm³/mol. The first kappa shape index (κ1) is 77.4. The van der Waals surface area contributed by atoms with Crippen LogP contribution in [0, 0.1) is 23.7 Å². The van der Waals surface area contributed by atoms with Gasteiger partial charge >= 0.3 is 23.9 Å². The number of amides is 9. The van der Waals surface area contributed by atoms with Gasteiger partial charge in [0.15, 0.2) is 0 Å². The van der Waals surface area contributed by atoms with Crippen LogP contribution < -0.4 is 59.3 Å². The molecule has 30 heteroatoms. The summed E-state index contributed by atoms with van der Waals surface area (Å²) in [6.07, 6.45) is -0.168. The van der Waals surface area contributed by atoms with Gasteiger partial charge in [-0.05, 0) is 105 Å². The Morgan fingerprint density at radius 1 is 0.483 bits per heavy atom. The number of aliphatic carboxylic acids is 4. The largest absolute Gasteiger partial charge is 0.508 e. The number of carbonyl (C=O) groups is 13. The van der Waals surface area contributed by atoms with Crippen molar-refractivity contribution in [2.75, 3.05) is 18.6 Å². The lowest BCUT2D eigenvalue weighted by Gasteiger charge is -2.30. The highest BCUT2D eigenvalue weighted by atomic mass is 32.2. The van der Waals surface area contributed by atoms with E-state index in [1.807, 2.05) is 0 Å². The molecule has 1 rings (SSSR count). The minimum absolute atomic E-state index is 0.0171. The predicted octanol–water partition coefficient (Wildman–Crippen LogP) is -0.410. The van der Waals surface area contributed by atoms with Gasteiger partial charge in [-0.1, -0.05) is 80.4 Å². The van der Waals surface area contributed by atoms with Gasteiger partial charge in [0, 0.05) is 19.3 Å². The van der Waals surface area contributed by atoms with Crippen LogP contribution in [0.5, 0.6) is 5.75 Å². The molecule has 490 valence electrons. The van der Waals surface area contributed by atoms with Crippen molar-refractivity contribution in [1.82, 2.24) is 47.9 Å². The third kappa shape index (κ3) is 29.1. The first-order valence-electron chi connectivity index (χ1n) is 29.1. The number of rotatable bonds is 43. The summed E-state index contributed by atoms with van der Waals surface area (Å²) in [6.45, 7) is 13.5. The molecule has 12 atom stereocenters. The van der Waals surface area contributed by atoms with Crippen molar-refractivity contribution in [1.29, 1.82) is 0 Å². The van der Waals surface area contributed by atoms with E-state index in [0.29, 0.717) is 18.4 Å².